The van der Waals surface area contributed by atoms with Crippen molar-refractivity contribution in [2.24, 2.45) is 0 Å². The predicted octanol–water partition coefficient (Wildman–Crippen LogP) is 1.84. The van der Waals surface area contributed by atoms with Gasteiger partial charge in [0.2, 0.25) is 10.0 Å². The maximum absolute atomic E-state index is 13.8. The van der Waals surface area contributed by atoms with Gasteiger partial charge in [-0.05, 0) is 19.1 Å². The van der Waals surface area contributed by atoms with Crippen LogP contribution in [0, 0.1) is 12.7 Å². The minimum absolute atomic E-state index is 0.0292. The zero-order valence-corrected chi connectivity index (χ0v) is 11.9. The Morgan fingerprint density at radius 3 is 2.75 bits per heavy atom. The van der Waals surface area contributed by atoms with Crippen LogP contribution in [0.1, 0.15) is 11.5 Å². The van der Waals surface area contributed by atoms with Crippen molar-refractivity contribution < 1.29 is 17.3 Å². The number of aromatic nitrogens is 1. The van der Waals surface area contributed by atoms with E-state index in [1.54, 1.807) is 13.0 Å². The second-order valence-electron chi connectivity index (χ2n) is 4.06. The Kier molecular flexibility index (Phi) is 3.98. The zero-order valence-electron chi connectivity index (χ0n) is 10.4. The van der Waals surface area contributed by atoms with Gasteiger partial charge < -0.3 is 10.3 Å². The number of nitrogens with two attached hydrogens (primary N) is 1. The molecular formula is C11H11ClFN3O3S. The molecule has 0 amide bonds. The summed E-state index contributed by atoms with van der Waals surface area (Å²) < 4.78 is 44.8. The predicted molar refractivity (Wildman–Crippen MR) is 71.1 cm³/mol. The molecule has 1 heterocycles. The number of aryl methyl sites for hydroxylation is 1. The Balaban J connectivity index is 2.27. The number of rotatable bonds is 4. The second kappa shape index (κ2) is 5.39. The zero-order chi connectivity index (χ0) is 14.9. The molecule has 0 saturated heterocycles. The van der Waals surface area contributed by atoms with Crippen molar-refractivity contribution in [3.05, 3.63) is 40.5 Å². The number of sulfonamides is 1. The maximum atomic E-state index is 13.8. The van der Waals surface area contributed by atoms with E-state index in [0.717, 1.165) is 12.1 Å². The van der Waals surface area contributed by atoms with Crippen molar-refractivity contribution in [1.29, 1.82) is 0 Å². The highest BCUT2D eigenvalue weighted by Gasteiger charge is 2.22. The number of nitrogens with one attached hydrogen (secondary N) is 1. The summed E-state index contributed by atoms with van der Waals surface area (Å²) in [4.78, 5) is -0.609. The fourth-order valence-electron chi connectivity index (χ4n) is 1.53. The van der Waals surface area contributed by atoms with Crippen LogP contribution in [0.25, 0.3) is 0 Å². The van der Waals surface area contributed by atoms with E-state index in [9.17, 15) is 12.8 Å². The molecule has 9 heteroatoms. The van der Waals surface area contributed by atoms with Crippen LogP contribution in [0.3, 0.4) is 0 Å². The van der Waals surface area contributed by atoms with Crippen LogP contribution < -0.4 is 10.5 Å². The molecule has 0 bridgehead atoms. The van der Waals surface area contributed by atoms with Crippen molar-refractivity contribution in [3.63, 3.8) is 0 Å². The minimum atomic E-state index is -4.10. The van der Waals surface area contributed by atoms with Gasteiger partial charge in [-0.1, -0.05) is 16.8 Å². The first kappa shape index (κ1) is 14.8. The Bertz CT molecular complexity index is 745. The van der Waals surface area contributed by atoms with Gasteiger partial charge in [0.15, 0.2) is 5.82 Å². The van der Waals surface area contributed by atoms with Gasteiger partial charge in [-0.3, -0.25) is 0 Å². The third kappa shape index (κ3) is 3.09. The summed E-state index contributed by atoms with van der Waals surface area (Å²) in [5, 5.41) is 3.65. The number of benzene rings is 1. The normalized spacial score (nSPS) is 11.8. The third-order valence-corrected chi connectivity index (χ3v) is 4.06. The van der Waals surface area contributed by atoms with Gasteiger partial charge in [0.05, 0.1) is 17.9 Å². The maximum Gasteiger partial charge on any atom is 0.243 e. The van der Waals surface area contributed by atoms with E-state index < -0.39 is 20.7 Å². The molecule has 0 unspecified atom stereocenters. The second-order valence-corrected chi connectivity index (χ2v) is 6.23. The summed E-state index contributed by atoms with van der Waals surface area (Å²) in [6, 6.07) is 3.69. The van der Waals surface area contributed by atoms with Crippen LogP contribution in [-0.2, 0) is 16.6 Å². The number of halogens is 2. The Labute approximate surface area is 119 Å². The third-order valence-electron chi connectivity index (χ3n) is 2.44. The monoisotopic (exact) mass is 319 g/mol. The molecule has 0 fully saturated rings. The highest BCUT2D eigenvalue weighted by molar-refractivity contribution is 7.89. The summed E-state index contributed by atoms with van der Waals surface area (Å²) in [5.41, 5.74) is 5.39. The molecule has 0 aliphatic rings. The summed E-state index contributed by atoms with van der Waals surface area (Å²) in [5.74, 6) is -0.504. The number of hydrogen-bond acceptors (Lipinski definition) is 5. The Morgan fingerprint density at radius 2 is 2.15 bits per heavy atom. The largest absolute Gasteiger partial charge is 0.396 e. The molecule has 0 aliphatic heterocycles. The molecule has 0 atom stereocenters. The lowest BCUT2D eigenvalue weighted by atomic mass is 10.3. The first-order valence-corrected chi connectivity index (χ1v) is 7.32. The molecule has 3 N–H and O–H groups in total. The van der Waals surface area contributed by atoms with Crippen LogP contribution in [0.15, 0.2) is 27.6 Å². The van der Waals surface area contributed by atoms with Gasteiger partial charge >= 0.3 is 0 Å². The molecule has 2 aromatic rings. The number of nitrogen functional groups attached to an aromatic ring is 1. The van der Waals surface area contributed by atoms with Gasteiger partial charge in [0, 0.05) is 11.1 Å². The number of nitrogens with zero attached hydrogens (tertiary/aromatic N) is 1. The number of anilines is 1. The highest BCUT2D eigenvalue weighted by Crippen LogP contribution is 2.25. The van der Waals surface area contributed by atoms with E-state index in [4.69, 9.17) is 21.9 Å². The molecular weight excluding hydrogens is 309 g/mol. The average Bonchev–Trinajstić information content (AvgIpc) is 2.77. The molecule has 0 radical (unpaired) electrons. The summed E-state index contributed by atoms with van der Waals surface area (Å²) in [7, 11) is -4.10. The topological polar surface area (TPSA) is 98.2 Å². The van der Waals surface area contributed by atoms with Crippen molar-refractivity contribution in [2.75, 3.05) is 5.73 Å². The first-order valence-electron chi connectivity index (χ1n) is 5.46. The van der Waals surface area contributed by atoms with Gasteiger partial charge in [-0.25, -0.2) is 17.5 Å². The molecule has 2 rings (SSSR count). The van der Waals surface area contributed by atoms with Gasteiger partial charge in [0.25, 0.3) is 0 Å². The highest BCUT2D eigenvalue weighted by atomic mass is 35.5. The molecule has 0 spiro atoms. The van der Waals surface area contributed by atoms with Gasteiger partial charge in [-0.15, -0.1) is 0 Å². The van der Waals surface area contributed by atoms with Crippen LogP contribution in [0.5, 0.6) is 0 Å². The quantitative estimate of drug-likeness (QED) is 0.838. The lowest BCUT2D eigenvalue weighted by Crippen LogP contribution is -2.24. The summed E-state index contributed by atoms with van der Waals surface area (Å²) in [6.07, 6.45) is 0. The lowest BCUT2D eigenvalue weighted by Gasteiger charge is -2.08. The first-order chi connectivity index (χ1) is 9.29. The van der Waals surface area contributed by atoms with Crippen molar-refractivity contribution >= 4 is 27.3 Å². The summed E-state index contributed by atoms with van der Waals surface area (Å²) >= 11 is 5.68. The van der Waals surface area contributed by atoms with E-state index in [1.165, 1.54) is 0 Å². The SMILES string of the molecule is Cc1cc(CNS(=O)(=O)c2cc(Cl)cc(N)c2F)no1. The smallest absolute Gasteiger partial charge is 0.243 e. The molecule has 1 aromatic carbocycles. The van der Waals surface area contributed by atoms with E-state index >= 15 is 0 Å². The Hall–Kier alpha value is -1.64. The van der Waals surface area contributed by atoms with Crippen molar-refractivity contribution in [1.82, 2.24) is 9.88 Å². The van der Waals surface area contributed by atoms with Crippen LogP contribution in [-0.4, -0.2) is 13.6 Å². The van der Waals surface area contributed by atoms with Gasteiger partial charge in [-0.2, -0.15) is 0 Å². The van der Waals surface area contributed by atoms with Crippen LogP contribution >= 0.6 is 11.6 Å². The van der Waals surface area contributed by atoms with Crippen LogP contribution in [0.4, 0.5) is 10.1 Å². The molecule has 20 heavy (non-hydrogen) atoms. The van der Waals surface area contributed by atoms with Crippen molar-refractivity contribution in [2.45, 2.75) is 18.4 Å². The minimum Gasteiger partial charge on any atom is -0.396 e. The van der Waals surface area contributed by atoms with E-state index in [2.05, 4.69) is 9.88 Å². The fraction of sp³-hybridized carbons (Fsp3) is 0.182. The standard InChI is InChI=1S/C11H11ClFN3O3S/c1-6-2-8(16-19-6)5-15-20(17,18)10-4-7(12)3-9(14)11(10)13/h2-4,15H,5,14H2,1H3. The average molecular weight is 320 g/mol. The number of hydrogen-bond donors (Lipinski definition) is 2. The Morgan fingerprint density at radius 1 is 1.45 bits per heavy atom. The van der Waals surface area contributed by atoms with Crippen LogP contribution in [0.2, 0.25) is 5.02 Å². The van der Waals surface area contributed by atoms with Crippen molar-refractivity contribution in [3.8, 4) is 0 Å². The lowest BCUT2D eigenvalue weighted by molar-refractivity contribution is 0.390. The fourth-order valence-corrected chi connectivity index (χ4v) is 2.95. The molecule has 6 nitrogen and oxygen atoms in total. The molecule has 1 aromatic heterocycles. The van der Waals surface area contributed by atoms with E-state index in [1.807, 2.05) is 0 Å². The van der Waals surface area contributed by atoms with Gasteiger partial charge in [0.1, 0.15) is 10.7 Å². The molecule has 0 aliphatic carbocycles. The van der Waals surface area contributed by atoms with E-state index in [0.29, 0.717) is 11.5 Å². The molecule has 108 valence electrons. The summed E-state index contributed by atoms with van der Waals surface area (Å²) in [6.45, 7) is 1.54. The molecule has 0 saturated carbocycles. The van der Waals surface area contributed by atoms with E-state index in [-0.39, 0.29) is 17.3 Å².